The molecule has 1 fully saturated rings. The summed E-state index contributed by atoms with van der Waals surface area (Å²) in [6, 6.07) is 15.7. The van der Waals surface area contributed by atoms with E-state index >= 15 is 0 Å². The van der Waals surface area contributed by atoms with E-state index in [2.05, 4.69) is 10.6 Å². The molecule has 0 aliphatic carbocycles. The van der Waals surface area contributed by atoms with Crippen molar-refractivity contribution < 1.29 is 14.0 Å². The third kappa shape index (κ3) is 5.56. The van der Waals surface area contributed by atoms with Crippen molar-refractivity contribution in [3.63, 3.8) is 0 Å². The van der Waals surface area contributed by atoms with Crippen LogP contribution in [0.4, 0.5) is 9.18 Å². The molecule has 2 N–H and O–H groups in total. The Bertz CT molecular complexity index is 847. The summed E-state index contributed by atoms with van der Waals surface area (Å²) in [6.45, 7) is 6.97. The Morgan fingerprint density at radius 1 is 1.03 bits per heavy atom. The molecule has 3 rings (SSSR count). The van der Waals surface area contributed by atoms with Crippen molar-refractivity contribution >= 4 is 11.9 Å². The van der Waals surface area contributed by atoms with Crippen LogP contribution < -0.4 is 10.6 Å². The zero-order chi connectivity index (χ0) is 21.0. The molecule has 0 bridgehead atoms. The van der Waals surface area contributed by atoms with E-state index in [1.807, 2.05) is 51.1 Å². The monoisotopic (exact) mass is 397 g/mol. The summed E-state index contributed by atoms with van der Waals surface area (Å²) in [5.41, 5.74) is 1.53. The van der Waals surface area contributed by atoms with Gasteiger partial charge in [-0.2, -0.15) is 0 Å². The van der Waals surface area contributed by atoms with Gasteiger partial charge in [-0.1, -0.05) is 42.5 Å². The molecule has 1 aliphatic heterocycles. The molecule has 1 saturated heterocycles. The summed E-state index contributed by atoms with van der Waals surface area (Å²) < 4.78 is 13.1. The van der Waals surface area contributed by atoms with Crippen LogP contribution in [0.25, 0.3) is 0 Å². The highest BCUT2D eigenvalue weighted by molar-refractivity contribution is 5.83. The molecule has 29 heavy (non-hydrogen) atoms. The van der Waals surface area contributed by atoms with E-state index in [1.54, 1.807) is 17.0 Å². The van der Waals surface area contributed by atoms with Gasteiger partial charge in [0.05, 0.1) is 5.92 Å². The molecule has 5 nitrogen and oxygen atoms in total. The fraction of sp³-hybridized carbons (Fsp3) is 0.391. The normalized spacial score (nSPS) is 19.1. The number of carbonyl (C=O) groups is 2. The first-order valence-corrected chi connectivity index (χ1v) is 9.87. The standard InChI is InChI=1S/C23H28FN3O2/c1-23(2,3)26-22(29)27-14-19(17-7-5-4-6-8-17)20(15-27)21(28)25-13-16-9-11-18(24)12-10-16/h4-12,19-20H,13-15H2,1-3H3,(H,25,28)(H,26,29)/t19-,20-/m1/s1. The molecule has 3 amide bonds. The van der Waals surface area contributed by atoms with Gasteiger partial charge in [-0.15, -0.1) is 0 Å². The second kappa shape index (κ2) is 8.64. The van der Waals surface area contributed by atoms with E-state index < -0.39 is 0 Å². The number of rotatable bonds is 4. The molecule has 2 atom stereocenters. The SMILES string of the molecule is CC(C)(C)NC(=O)N1C[C@H](c2ccccc2)[C@H](C(=O)NCc2ccc(F)cc2)C1. The minimum atomic E-state index is -0.345. The maximum absolute atomic E-state index is 13.1. The maximum Gasteiger partial charge on any atom is 0.317 e. The van der Waals surface area contributed by atoms with Crippen LogP contribution in [0.15, 0.2) is 54.6 Å². The summed E-state index contributed by atoms with van der Waals surface area (Å²) in [5.74, 6) is -0.826. The molecule has 1 aliphatic rings. The van der Waals surface area contributed by atoms with E-state index in [4.69, 9.17) is 0 Å². The molecule has 2 aromatic carbocycles. The lowest BCUT2D eigenvalue weighted by Gasteiger charge is -2.25. The van der Waals surface area contributed by atoms with Crippen LogP contribution in [-0.2, 0) is 11.3 Å². The number of amides is 3. The van der Waals surface area contributed by atoms with Crippen LogP contribution in [0.3, 0.4) is 0 Å². The number of halogens is 1. The summed E-state index contributed by atoms with van der Waals surface area (Å²) in [6.07, 6.45) is 0. The average Bonchev–Trinajstić information content (AvgIpc) is 3.12. The number of hydrogen-bond acceptors (Lipinski definition) is 2. The molecular weight excluding hydrogens is 369 g/mol. The van der Waals surface area contributed by atoms with Crippen LogP contribution in [0.5, 0.6) is 0 Å². The van der Waals surface area contributed by atoms with Gasteiger partial charge < -0.3 is 15.5 Å². The summed E-state index contributed by atoms with van der Waals surface area (Å²) >= 11 is 0. The predicted octanol–water partition coefficient (Wildman–Crippen LogP) is 3.67. The van der Waals surface area contributed by atoms with Gasteiger partial charge in [-0.3, -0.25) is 4.79 Å². The Morgan fingerprint density at radius 3 is 2.31 bits per heavy atom. The molecule has 0 aromatic heterocycles. The van der Waals surface area contributed by atoms with E-state index in [9.17, 15) is 14.0 Å². The maximum atomic E-state index is 13.1. The lowest BCUT2D eigenvalue weighted by Crippen LogP contribution is -2.48. The molecular formula is C23H28FN3O2. The molecule has 6 heteroatoms. The van der Waals surface area contributed by atoms with Crippen molar-refractivity contribution in [2.75, 3.05) is 13.1 Å². The largest absolute Gasteiger partial charge is 0.352 e. The van der Waals surface area contributed by atoms with Gasteiger partial charge in [-0.25, -0.2) is 9.18 Å². The number of likely N-dealkylation sites (tertiary alicyclic amines) is 1. The van der Waals surface area contributed by atoms with Gasteiger partial charge in [0, 0.05) is 31.1 Å². The quantitative estimate of drug-likeness (QED) is 0.827. The van der Waals surface area contributed by atoms with Gasteiger partial charge in [0.2, 0.25) is 5.91 Å². The second-order valence-corrected chi connectivity index (χ2v) is 8.55. The van der Waals surface area contributed by atoms with Gasteiger partial charge in [0.25, 0.3) is 0 Å². The molecule has 1 heterocycles. The summed E-state index contributed by atoms with van der Waals surface area (Å²) in [5, 5.41) is 5.92. The molecule has 0 radical (unpaired) electrons. The van der Waals surface area contributed by atoms with Crippen molar-refractivity contribution in [2.24, 2.45) is 5.92 Å². The summed E-state index contributed by atoms with van der Waals surface area (Å²) in [4.78, 5) is 27.4. The van der Waals surface area contributed by atoms with Gasteiger partial charge in [0.15, 0.2) is 0 Å². The smallest absolute Gasteiger partial charge is 0.317 e. The second-order valence-electron chi connectivity index (χ2n) is 8.55. The number of nitrogens with one attached hydrogen (secondary N) is 2. The Morgan fingerprint density at radius 2 is 1.69 bits per heavy atom. The Balaban J connectivity index is 1.73. The highest BCUT2D eigenvalue weighted by Gasteiger charge is 2.40. The van der Waals surface area contributed by atoms with Crippen LogP contribution >= 0.6 is 0 Å². The zero-order valence-corrected chi connectivity index (χ0v) is 17.1. The number of urea groups is 1. The van der Waals surface area contributed by atoms with E-state index in [1.165, 1.54) is 12.1 Å². The zero-order valence-electron chi connectivity index (χ0n) is 17.1. The lowest BCUT2D eigenvalue weighted by atomic mass is 9.88. The third-order valence-corrected chi connectivity index (χ3v) is 5.03. The number of benzene rings is 2. The summed E-state index contributed by atoms with van der Waals surface area (Å²) in [7, 11) is 0. The van der Waals surface area contributed by atoms with Crippen LogP contribution in [0.2, 0.25) is 0 Å². The molecule has 154 valence electrons. The molecule has 2 aromatic rings. The highest BCUT2D eigenvalue weighted by atomic mass is 19.1. The lowest BCUT2D eigenvalue weighted by molar-refractivity contribution is -0.125. The number of nitrogens with zero attached hydrogens (tertiary/aromatic N) is 1. The first-order chi connectivity index (χ1) is 13.7. The molecule has 0 unspecified atom stereocenters. The van der Waals surface area contributed by atoms with Crippen LogP contribution in [0, 0.1) is 11.7 Å². The first kappa shape index (κ1) is 20.8. The van der Waals surface area contributed by atoms with E-state index in [0.717, 1.165) is 11.1 Å². The first-order valence-electron chi connectivity index (χ1n) is 9.87. The minimum Gasteiger partial charge on any atom is -0.352 e. The van der Waals surface area contributed by atoms with E-state index in [0.29, 0.717) is 19.6 Å². The van der Waals surface area contributed by atoms with Crippen LogP contribution in [-0.4, -0.2) is 35.5 Å². The van der Waals surface area contributed by atoms with Crippen molar-refractivity contribution in [1.29, 1.82) is 0 Å². The number of hydrogen-bond donors (Lipinski definition) is 2. The van der Waals surface area contributed by atoms with Gasteiger partial charge in [0.1, 0.15) is 5.82 Å². The highest BCUT2D eigenvalue weighted by Crippen LogP contribution is 2.33. The molecule has 0 spiro atoms. The topological polar surface area (TPSA) is 61.4 Å². The van der Waals surface area contributed by atoms with E-state index in [-0.39, 0.29) is 35.1 Å². The Kier molecular flexibility index (Phi) is 6.20. The third-order valence-electron chi connectivity index (χ3n) is 5.03. The molecule has 0 saturated carbocycles. The average molecular weight is 397 g/mol. The minimum absolute atomic E-state index is 0.0739. The fourth-order valence-electron chi connectivity index (χ4n) is 3.60. The van der Waals surface area contributed by atoms with Crippen molar-refractivity contribution in [3.8, 4) is 0 Å². The van der Waals surface area contributed by atoms with Crippen molar-refractivity contribution in [2.45, 2.75) is 38.8 Å². The van der Waals surface area contributed by atoms with Gasteiger partial charge in [-0.05, 0) is 44.0 Å². The van der Waals surface area contributed by atoms with Gasteiger partial charge >= 0.3 is 6.03 Å². The Labute approximate surface area is 171 Å². The van der Waals surface area contributed by atoms with Crippen molar-refractivity contribution in [1.82, 2.24) is 15.5 Å². The predicted molar refractivity (Wildman–Crippen MR) is 111 cm³/mol. The van der Waals surface area contributed by atoms with Crippen LogP contribution in [0.1, 0.15) is 37.8 Å². The number of carbonyl (C=O) groups excluding carboxylic acids is 2. The van der Waals surface area contributed by atoms with Crippen molar-refractivity contribution in [3.05, 3.63) is 71.5 Å². The Hall–Kier alpha value is -2.89. The fourth-order valence-corrected chi connectivity index (χ4v) is 3.60.